The smallest absolute Gasteiger partial charge is 0.316 e. The molecule has 0 amide bonds. The van der Waals surface area contributed by atoms with E-state index >= 15 is 0 Å². The second-order valence-corrected chi connectivity index (χ2v) is 11.5. The Bertz CT molecular complexity index is 1230. The van der Waals surface area contributed by atoms with Gasteiger partial charge in [-0.05, 0) is 50.7 Å². The van der Waals surface area contributed by atoms with Crippen LogP contribution in [0.5, 0.6) is 5.75 Å². The van der Waals surface area contributed by atoms with Gasteiger partial charge in [0.25, 0.3) is 10.2 Å². The number of hydrogen-bond acceptors (Lipinski definition) is 6. The van der Waals surface area contributed by atoms with E-state index in [1.165, 1.54) is 14.8 Å². The summed E-state index contributed by atoms with van der Waals surface area (Å²) >= 11 is 0. The molecular weight excluding hydrogens is 492 g/mol. The lowest BCUT2D eigenvalue weighted by Crippen LogP contribution is -2.53. The molecular formula is C24H31F2N5O4S. The van der Waals surface area contributed by atoms with Gasteiger partial charge in [-0.3, -0.25) is 4.79 Å². The summed E-state index contributed by atoms with van der Waals surface area (Å²) in [6.45, 7) is 2.39. The van der Waals surface area contributed by atoms with Gasteiger partial charge in [0.2, 0.25) is 5.75 Å². The predicted molar refractivity (Wildman–Crippen MR) is 131 cm³/mol. The summed E-state index contributed by atoms with van der Waals surface area (Å²) in [4.78, 5) is 15.4. The number of hydrogen-bond donors (Lipinski definition) is 0. The van der Waals surface area contributed by atoms with Gasteiger partial charge in [0, 0.05) is 45.3 Å². The van der Waals surface area contributed by atoms with Crippen molar-refractivity contribution in [2.45, 2.75) is 51.0 Å². The van der Waals surface area contributed by atoms with E-state index in [4.69, 9.17) is 4.74 Å². The fourth-order valence-electron chi connectivity index (χ4n) is 5.20. The highest BCUT2D eigenvalue weighted by atomic mass is 32.2. The fraction of sp³-hybridized carbons (Fsp3) is 0.583. The summed E-state index contributed by atoms with van der Waals surface area (Å²) in [5.41, 5.74) is -0.161. The third-order valence-corrected chi connectivity index (χ3v) is 9.18. The molecule has 0 bridgehead atoms. The van der Waals surface area contributed by atoms with Crippen LogP contribution in [-0.2, 0) is 10.2 Å². The van der Waals surface area contributed by atoms with E-state index in [-0.39, 0.29) is 30.6 Å². The van der Waals surface area contributed by atoms with Crippen molar-refractivity contribution in [1.29, 1.82) is 0 Å². The molecule has 5 rings (SSSR count). The van der Waals surface area contributed by atoms with Crippen molar-refractivity contribution < 1.29 is 21.9 Å². The third-order valence-electron chi connectivity index (χ3n) is 7.14. The molecule has 2 aliphatic heterocycles. The number of aromatic nitrogens is 2. The molecule has 0 atom stereocenters. The van der Waals surface area contributed by atoms with E-state index in [1.807, 2.05) is 4.90 Å². The lowest BCUT2D eigenvalue weighted by atomic mass is 9.98. The van der Waals surface area contributed by atoms with Crippen LogP contribution < -0.4 is 15.2 Å². The van der Waals surface area contributed by atoms with Gasteiger partial charge in [0.15, 0.2) is 0 Å². The molecule has 1 aromatic heterocycles. The van der Waals surface area contributed by atoms with Crippen LogP contribution in [0.4, 0.5) is 14.5 Å². The summed E-state index contributed by atoms with van der Waals surface area (Å²) < 4.78 is 63.8. The summed E-state index contributed by atoms with van der Waals surface area (Å²) in [6, 6.07) is 2.82. The molecule has 36 heavy (non-hydrogen) atoms. The first-order valence-corrected chi connectivity index (χ1v) is 14.0. The van der Waals surface area contributed by atoms with Crippen molar-refractivity contribution in [1.82, 2.24) is 18.4 Å². The van der Waals surface area contributed by atoms with Gasteiger partial charge in [0.1, 0.15) is 17.3 Å². The number of benzene rings is 1. The molecule has 0 unspecified atom stereocenters. The van der Waals surface area contributed by atoms with Crippen molar-refractivity contribution >= 4 is 15.9 Å². The summed E-state index contributed by atoms with van der Waals surface area (Å²) in [5, 5.41) is 4.20. The lowest BCUT2D eigenvalue weighted by molar-refractivity contribution is 0.152. The normalized spacial score (nSPS) is 20.7. The Balaban J connectivity index is 1.43. The highest BCUT2D eigenvalue weighted by Crippen LogP contribution is 2.30. The maximum Gasteiger partial charge on any atom is 0.316 e. The quantitative estimate of drug-likeness (QED) is 0.579. The van der Waals surface area contributed by atoms with Crippen LogP contribution in [0.15, 0.2) is 29.2 Å². The number of anilines is 1. The monoisotopic (exact) mass is 523 g/mol. The molecule has 3 fully saturated rings. The van der Waals surface area contributed by atoms with Crippen molar-refractivity contribution in [3.05, 3.63) is 46.4 Å². The predicted octanol–water partition coefficient (Wildman–Crippen LogP) is 2.68. The second-order valence-electron chi connectivity index (χ2n) is 9.58. The average molecular weight is 524 g/mol. The van der Waals surface area contributed by atoms with Gasteiger partial charge in [-0.25, -0.2) is 8.78 Å². The molecule has 3 heterocycles. The molecule has 1 aliphatic carbocycles. The van der Waals surface area contributed by atoms with E-state index < -0.39 is 27.4 Å². The van der Waals surface area contributed by atoms with E-state index in [0.717, 1.165) is 67.8 Å². The van der Waals surface area contributed by atoms with Gasteiger partial charge < -0.3 is 9.64 Å². The average Bonchev–Trinajstić information content (AvgIpc) is 3.42. The van der Waals surface area contributed by atoms with Gasteiger partial charge in [-0.15, -0.1) is 0 Å². The number of piperazine rings is 1. The molecule has 9 nitrogen and oxygen atoms in total. The number of nitrogens with zero attached hydrogens (tertiary/aromatic N) is 5. The molecule has 3 aliphatic rings. The Labute approximate surface area is 209 Å². The second kappa shape index (κ2) is 10.4. The minimum absolute atomic E-state index is 0.0286. The highest BCUT2D eigenvalue weighted by Gasteiger charge is 2.35. The Kier molecular flexibility index (Phi) is 7.27. The zero-order chi connectivity index (χ0) is 25.3. The van der Waals surface area contributed by atoms with E-state index in [1.54, 1.807) is 0 Å². The van der Waals surface area contributed by atoms with Crippen LogP contribution in [0.1, 0.15) is 44.9 Å². The lowest BCUT2D eigenvalue weighted by Gasteiger charge is -2.37. The Morgan fingerprint density at radius 1 is 0.833 bits per heavy atom. The molecule has 1 aromatic carbocycles. The van der Waals surface area contributed by atoms with Crippen LogP contribution >= 0.6 is 0 Å². The molecule has 196 valence electrons. The summed E-state index contributed by atoms with van der Waals surface area (Å²) in [7, 11) is -3.50. The fourth-order valence-corrected chi connectivity index (χ4v) is 6.87. The van der Waals surface area contributed by atoms with Crippen molar-refractivity contribution in [2.24, 2.45) is 0 Å². The summed E-state index contributed by atoms with van der Waals surface area (Å²) in [5.74, 6) is -1.54. The minimum atomic E-state index is -3.50. The molecule has 0 N–H and O–H groups in total. The maximum absolute atomic E-state index is 13.9. The van der Waals surface area contributed by atoms with E-state index in [9.17, 15) is 22.0 Å². The van der Waals surface area contributed by atoms with Gasteiger partial charge >= 0.3 is 5.56 Å². The molecule has 2 aromatic rings. The minimum Gasteiger partial charge on any atom is -0.483 e. The Morgan fingerprint density at radius 3 is 2.08 bits per heavy atom. The first-order chi connectivity index (χ1) is 17.3. The first-order valence-electron chi connectivity index (χ1n) is 12.6. The van der Waals surface area contributed by atoms with Crippen LogP contribution in [-0.4, -0.2) is 72.2 Å². The highest BCUT2D eigenvalue weighted by molar-refractivity contribution is 7.86. The van der Waals surface area contributed by atoms with Gasteiger partial charge in [-0.1, -0.05) is 6.42 Å². The standard InChI is InChI=1S/C24H31F2N5O4S/c25-18-14-19(26)16-20(15-18)31-24(32)23(35-21-6-2-1-3-7-21)22(17-27-31)28-10-12-30(13-11-28)36(33,34)29-8-4-5-9-29/h14-17,21H,1-13H2. The van der Waals surface area contributed by atoms with Crippen LogP contribution in [0.2, 0.25) is 0 Å². The van der Waals surface area contributed by atoms with Crippen LogP contribution in [0, 0.1) is 11.6 Å². The molecule has 12 heteroatoms. The number of halogens is 2. The zero-order valence-electron chi connectivity index (χ0n) is 20.1. The zero-order valence-corrected chi connectivity index (χ0v) is 20.9. The largest absolute Gasteiger partial charge is 0.483 e. The van der Waals surface area contributed by atoms with Gasteiger partial charge in [0.05, 0.1) is 18.0 Å². The Morgan fingerprint density at radius 2 is 1.44 bits per heavy atom. The maximum atomic E-state index is 13.9. The number of rotatable bonds is 6. The molecule has 1 saturated carbocycles. The van der Waals surface area contributed by atoms with Crippen LogP contribution in [0.25, 0.3) is 5.69 Å². The van der Waals surface area contributed by atoms with E-state index in [2.05, 4.69) is 5.10 Å². The van der Waals surface area contributed by atoms with Crippen molar-refractivity contribution in [3.63, 3.8) is 0 Å². The Hall–Kier alpha value is -2.57. The van der Waals surface area contributed by atoms with Crippen molar-refractivity contribution in [3.8, 4) is 11.4 Å². The van der Waals surface area contributed by atoms with Gasteiger partial charge in [-0.2, -0.15) is 26.8 Å². The SMILES string of the molecule is O=c1c(OC2CCCCC2)c(N2CCN(S(=O)(=O)N3CCCC3)CC2)cnn1-c1cc(F)cc(F)c1. The summed E-state index contributed by atoms with van der Waals surface area (Å²) in [6.07, 6.45) is 7.83. The van der Waals surface area contributed by atoms with Crippen LogP contribution in [0.3, 0.4) is 0 Å². The van der Waals surface area contributed by atoms with Crippen molar-refractivity contribution in [2.75, 3.05) is 44.2 Å². The first kappa shape index (κ1) is 25.1. The van der Waals surface area contributed by atoms with E-state index in [0.29, 0.717) is 31.9 Å². The topological polar surface area (TPSA) is 88.0 Å². The molecule has 0 spiro atoms. The molecule has 2 saturated heterocycles. The molecule has 0 radical (unpaired) electrons. The number of ether oxygens (including phenoxy) is 1. The third kappa shape index (κ3) is 5.12.